The van der Waals surface area contributed by atoms with Crippen molar-refractivity contribution in [3.8, 4) is 0 Å². The highest BCUT2D eigenvalue weighted by molar-refractivity contribution is 8.01. The van der Waals surface area contributed by atoms with E-state index in [0.29, 0.717) is 0 Å². The standard InChI is InChI=1S/C25H43N3O14S2/c1-8(32)26-14-18(36)17(35)11(5-29)41-24(14)43-21-13(7-31)42-25(15(19(21)37)27-9(2)33)44-22-12(6-30)40-23(39)16(20(22)38)28(4)10(3)34/h11-25,29-31,35-39H,5-7H2,1-4H3,(H,26,32)(H,27,33)/t11-,12-,13-,14-,15-,16-,17-,18-,19-,20-,21-,22-,23-,24+,25+/m1/s1. The molecule has 3 aliphatic heterocycles. The molecule has 0 unspecified atom stereocenters. The Kier molecular flexibility index (Phi) is 13.5. The Morgan fingerprint density at radius 2 is 1.09 bits per heavy atom. The molecule has 0 radical (unpaired) electrons. The molecule has 19 heteroatoms. The molecule has 254 valence electrons. The minimum atomic E-state index is -1.63. The van der Waals surface area contributed by atoms with E-state index in [4.69, 9.17) is 14.2 Å². The number of carbonyl (C=O) groups excluding carboxylic acids is 3. The normalized spacial score (nSPS) is 42.8. The summed E-state index contributed by atoms with van der Waals surface area (Å²) in [6.07, 6.45) is -11.3. The molecule has 3 rings (SSSR count). The summed E-state index contributed by atoms with van der Waals surface area (Å²) in [6, 6.07) is -3.63. The quantitative estimate of drug-likeness (QED) is 0.104. The zero-order chi connectivity index (χ0) is 33.0. The lowest BCUT2D eigenvalue weighted by Crippen LogP contribution is -2.67. The van der Waals surface area contributed by atoms with Crippen LogP contribution < -0.4 is 10.6 Å². The van der Waals surface area contributed by atoms with E-state index in [2.05, 4.69) is 10.6 Å². The van der Waals surface area contributed by atoms with Crippen LogP contribution in [0.5, 0.6) is 0 Å². The minimum Gasteiger partial charge on any atom is -0.394 e. The van der Waals surface area contributed by atoms with Gasteiger partial charge in [-0.15, -0.1) is 23.5 Å². The smallest absolute Gasteiger partial charge is 0.219 e. The van der Waals surface area contributed by atoms with Gasteiger partial charge in [-0.05, 0) is 0 Å². The number of hydrogen-bond acceptors (Lipinski definition) is 16. The van der Waals surface area contributed by atoms with Gasteiger partial charge in [0.25, 0.3) is 0 Å². The molecule has 3 saturated heterocycles. The predicted octanol–water partition coefficient (Wildman–Crippen LogP) is -5.37. The number of likely N-dealkylation sites (N-methyl/N-ethyl adjacent to an activating group) is 1. The molecule has 3 amide bonds. The number of rotatable bonds is 10. The van der Waals surface area contributed by atoms with E-state index in [0.717, 1.165) is 28.4 Å². The number of carbonyl (C=O) groups is 3. The van der Waals surface area contributed by atoms with Gasteiger partial charge in [-0.2, -0.15) is 0 Å². The maximum absolute atomic E-state index is 12.2. The highest BCUT2D eigenvalue weighted by Gasteiger charge is 2.54. The number of thioether (sulfide) groups is 2. The Bertz CT molecular complexity index is 1000. The highest BCUT2D eigenvalue weighted by Crippen LogP contribution is 2.42. The summed E-state index contributed by atoms with van der Waals surface area (Å²) < 4.78 is 17.4. The van der Waals surface area contributed by atoms with Gasteiger partial charge in [-0.1, -0.05) is 0 Å². The fraction of sp³-hybridized carbons (Fsp3) is 0.880. The van der Waals surface area contributed by atoms with Crippen molar-refractivity contribution in [2.75, 3.05) is 26.9 Å². The third-order valence-corrected chi connectivity index (χ3v) is 11.0. The molecule has 0 bridgehead atoms. The Hall–Kier alpha value is -1.33. The van der Waals surface area contributed by atoms with Crippen LogP contribution in [0.1, 0.15) is 20.8 Å². The van der Waals surface area contributed by atoms with Gasteiger partial charge >= 0.3 is 0 Å². The molecule has 0 spiro atoms. The lowest BCUT2D eigenvalue weighted by atomic mass is 9.98. The molecule has 17 nitrogen and oxygen atoms in total. The van der Waals surface area contributed by atoms with E-state index >= 15 is 0 Å². The Morgan fingerprint density at radius 3 is 1.55 bits per heavy atom. The Balaban J connectivity index is 1.91. The molecule has 10 N–H and O–H groups in total. The lowest BCUT2D eigenvalue weighted by molar-refractivity contribution is -0.229. The van der Waals surface area contributed by atoms with Crippen molar-refractivity contribution in [3.05, 3.63) is 0 Å². The van der Waals surface area contributed by atoms with Crippen LogP contribution in [0.4, 0.5) is 0 Å². The number of nitrogens with zero attached hydrogens (tertiary/aromatic N) is 1. The van der Waals surface area contributed by atoms with Crippen molar-refractivity contribution in [3.63, 3.8) is 0 Å². The van der Waals surface area contributed by atoms with Gasteiger partial charge in [-0.3, -0.25) is 14.4 Å². The van der Waals surface area contributed by atoms with Crippen molar-refractivity contribution in [2.45, 2.75) is 109 Å². The number of hydrogen-bond donors (Lipinski definition) is 10. The van der Waals surface area contributed by atoms with Crippen LogP contribution in [-0.2, 0) is 28.6 Å². The summed E-state index contributed by atoms with van der Waals surface area (Å²) in [5.74, 6) is -1.61. The third kappa shape index (κ3) is 8.14. The van der Waals surface area contributed by atoms with Crippen LogP contribution in [0.25, 0.3) is 0 Å². The molecule has 0 aromatic rings. The summed E-state index contributed by atoms with van der Waals surface area (Å²) in [7, 11) is 1.35. The molecule has 0 aromatic carbocycles. The van der Waals surface area contributed by atoms with E-state index in [1.54, 1.807) is 0 Å². The SMILES string of the molecule is CC(=O)N[C@@H]1[C@@H](O)[C@H](S[C@@H]2O[C@H](CO)[C@@H](O)[C@H](O)[C@H]2NC(C)=O)[C@@H](CO)O[C@H]1S[C@H]1[C@H](O)[C@@H](N(C)C(C)=O)[C@H](O)O[C@@H]1CO. The first-order chi connectivity index (χ1) is 20.7. The summed E-state index contributed by atoms with van der Waals surface area (Å²) >= 11 is 1.70. The maximum Gasteiger partial charge on any atom is 0.219 e. The van der Waals surface area contributed by atoms with Crippen molar-refractivity contribution in [1.82, 2.24) is 15.5 Å². The van der Waals surface area contributed by atoms with Gasteiger partial charge < -0.3 is 70.6 Å². The van der Waals surface area contributed by atoms with E-state index in [1.807, 2.05) is 0 Å². The van der Waals surface area contributed by atoms with Crippen molar-refractivity contribution >= 4 is 41.2 Å². The Morgan fingerprint density at radius 1 is 0.659 bits per heavy atom. The molecule has 15 atom stereocenters. The van der Waals surface area contributed by atoms with Crippen LogP contribution in [0.3, 0.4) is 0 Å². The number of aliphatic hydroxyl groups excluding tert-OH is 8. The fourth-order valence-corrected chi connectivity index (χ4v) is 8.63. The number of ether oxygens (including phenoxy) is 3. The molecular formula is C25H43N3O14S2. The summed E-state index contributed by atoms with van der Waals surface area (Å²) in [5, 5.41) is 87.2. The molecule has 3 heterocycles. The van der Waals surface area contributed by atoms with Gasteiger partial charge in [0.15, 0.2) is 6.29 Å². The van der Waals surface area contributed by atoms with Crippen molar-refractivity contribution < 1.29 is 69.4 Å². The van der Waals surface area contributed by atoms with E-state index in [9.17, 15) is 55.2 Å². The number of nitrogens with one attached hydrogen (secondary N) is 2. The van der Waals surface area contributed by atoms with Gasteiger partial charge in [-0.25, -0.2) is 0 Å². The molecule has 0 aliphatic carbocycles. The van der Waals surface area contributed by atoms with Crippen LogP contribution >= 0.6 is 23.5 Å². The summed E-state index contributed by atoms with van der Waals surface area (Å²) in [6.45, 7) is 1.63. The van der Waals surface area contributed by atoms with Crippen LogP contribution in [0.2, 0.25) is 0 Å². The first-order valence-electron chi connectivity index (χ1n) is 13.9. The first kappa shape index (κ1) is 37.1. The molecule has 3 fully saturated rings. The molecule has 0 saturated carbocycles. The lowest BCUT2D eigenvalue weighted by Gasteiger charge is -2.50. The van der Waals surface area contributed by atoms with Gasteiger partial charge in [0.2, 0.25) is 17.7 Å². The summed E-state index contributed by atoms with van der Waals surface area (Å²) in [4.78, 5) is 37.2. The first-order valence-corrected chi connectivity index (χ1v) is 15.8. The zero-order valence-electron chi connectivity index (χ0n) is 24.6. The van der Waals surface area contributed by atoms with Crippen LogP contribution in [0, 0.1) is 0 Å². The van der Waals surface area contributed by atoms with Gasteiger partial charge in [0.05, 0.1) is 66.8 Å². The topological polar surface area (TPSA) is 268 Å². The highest BCUT2D eigenvalue weighted by atomic mass is 32.2. The van der Waals surface area contributed by atoms with E-state index in [1.165, 1.54) is 27.8 Å². The second-order valence-electron chi connectivity index (χ2n) is 10.9. The average Bonchev–Trinajstić information content (AvgIpc) is 2.96. The van der Waals surface area contributed by atoms with Crippen LogP contribution in [-0.4, -0.2) is 179 Å². The van der Waals surface area contributed by atoms with Crippen molar-refractivity contribution in [1.29, 1.82) is 0 Å². The van der Waals surface area contributed by atoms with Gasteiger partial charge in [0, 0.05) is 27.8 Å². The number of amides is 3. The van der Waals surface area contributed by atoms with Gasteiger partial charge in [0.1, 0.15) is 35.2 Å². The molecule has 3 aliphatic rings. The predicted molar refractivity (Wildman–Crippen MR) is 154 cm³/mol. The van der Waals surface area contributed by atoms with E-state index in [-0.39, 0.29) is 0 Å². The second-order valence-corrected chi connectivity index (χ2v) is 13.5. The van der Waals surface area contributed by atoms with Crippen LogP contribution in [0.15, 0.2) is 0 Å². The molecular weight excluding hydrogens is 630 g/mol. The summed E-state index contributed by atoms with van der Waals surface area (Å²) in [5.41, 5.74) is -2.33. The minimum absolute atomic E-state index is 0.479. The van der Waals surface area contributed by atoms with E-state index < -0.39 is 126 Å². The fourth-order valence-electron chi connectivity index (χ4n) is 5.50. The average molecular weight is 674 g/mol. The molecule has 44 heavy (non-hydrogen) atoms. The molecule has 0 aromatic heterocycles. The Labute approximate surface area is 262 Å². The zero-order valence-corrected chi connectivity index (χ0v) is 26.2. The van der Waals surface area contributed by atoms with Crippen molar-refractivity contribution in [2.24, 2.45) is 0 Å². The second kappa shape index (κ2) is 16.0. The largest absolute Gasteiger partial charge is 0.394 e. The maximum atomic E-state index is 12.2. The number of aliphatic hydroxyl groups is 8. The monoisotopic (exact) mass is 673 g/mol. The third-order valence-electron chi connectivity index (χ3n) is 7.84.